The van der Waals surface area contributed by atoms with Gasteiger partial charge in [-0.3, -0.25) is 0 Å². The van der Waals surface area contributed by atoms with Crippen LogP contribution in [-0.4, -0.2) is 70.9 Å². The number of likely N-dealkylation sites (tertiary alicyclic amines) is 2. The van der Waals surface area contributed by atoms with Crippen LogP contribution in [0.5, 0.6) is 0 Å². The summed E-state index contributed by atoms with van der Waals surface area (Å²) in [5.41, 5.74) is -0.906. The molecule has 2 amide bonds. The standard InChI is InChI=1S/C25H43N3O4/c1-24(2,3)31-22(29)27-14-17-18(15-27)21(17)26-19-11-9-10-16(19)20-12-7-8-13-28(20)23(30)32-25(4,5)6/h16-21,26H,7-15H2,1-6H3. The van der Waals surface area contributed by atoms with Crippen LogP contribution in [0.15, 0.2) is 0 Å². The van der Waals surface area contributed by atoms with Gasteiger partial charge in [0.25, 0.3) is 0 Å². The van der Waals surface area contributed by atoms with Crippen LogP contribution in [0.4, 0.5) is 9.59 Å². The molecule has 0 aromatic heterocycles. The van der Waals surface area contributed by atoms with Gasteiger partial charge in [0, 0.05) is 37.8 Å². The lowest BCUT2D eigenvalue weighted by molar-refractivity contribution is -0.000225. The van der Waals surface area contributed by atoms with E-state index in [1.807, 2.05) is 51.3 Å². The SMILES string of the molecule is CC(C)(C)OC(=O)N1CC2C(C1)C2NC1CCCC1C1CCCCN1C(=O)OC(C)(C)C. The fraction of sp³-hybridized carbons (Fsp3) is 0.920. The third-order valence-electron chi connectivity index (χ3n) is 7.49. The Morgan fingerprint density at radius 2 is 1.41 bits per heavy atom. The van der Waals surface area contributed by atoms with Gasteiger partial charge in [-0.1, -0.05) is 6.42 Å². The van der Waals surface area contributed by atoms with Crippen LogP contribution in [0.1, 0.15) is 80.1 Å². The highest BCUT2D eigenvalue weighted by molar-refractivity contribution is 5.69. The lowest BCUT2D eigenvalue weighted by Gasteiger charge is -2.42. The highest BCUT2D eigenvalue weighted by Gasteiger charge is 2.58. The molecule has 2 saturated heterocycles. The summed E-state index contributed by atoms with van der Waals surface area (Å²) in [7, 11) is 0. The Hall–Kier alpha value is -1.50. The molecule has 7 heteroatoms. The number of hydrogen-bond acceptors (Lipinski definition) is 5. The van der Waals surface area contributed by atoms with Crippen LogP contribution in [0, 0.1) is 17.8 Å². The molecule has 7 nitrogen and oxygen atoms in total. The normalized spacial score (nSPS) is 34.9. The van der Waals surface area contributed by atoms with Crippen LogP contribution in [0.2, 0.25) is 0 Å². The minimum atomic E-state index is -0.460. The second-order valence-electron chi connectivity index (χ2n) is 12.3. The van der Waals surface area contributed by atoms with Crippen molar-refractivity contribution in [1.29, 1.82) is 0 Å². The summed E-state index contributed by atoms with van der Waals surface area (Å²) in [6.07, 6.45) is 6.56. The maximum atomic E-state index is 12.9. The highest BCUT2D eigenvalue weighted by atomic mass is 16.6. The van der Waals surface area contributed by atoms with E-state index in [9.17, 15) is 9.59 Å². The summed E-state index contributed by atoms with van der Waals surface area (Å²) in [6, 6.07) is 1.22. The molecule has 0 radical (unpaired) electrons. The minimum Gasteiger partial charge on any atom is -0.444 e. The number of amides is 2. The molecule has 5 unspecified atom stereocenters. The summed E-state index contributed by atoms with van der Waals surface area (Å²) in [5.74, 6) is 1.57. The van der Waals surface area contributed by atoms with E-state index in [0.717, 1.165) is 32.5 Å². The Morgan fingerprint density at radius 3 is 2.03 bits per heavy atom. The number of hydrogen-bond donors (Lipinski definition) is 1. The number of nitrogens with zero attached hydrogens (tertiary/aromatic N) is 2. The Balaban J connectivity index is 1.32. The number of piperidine rings is 2. The smallest absolute Gasteiger partial charge is 0.410 e. The van der Waals surface area contributed by atoms with Crippen LogP contribution in [0.25, 0.3) is 0 Å². The quantitative estimate of drug-likeness (QED) is 0.691. The lowest BCUT2D eigenvalue weighted by atomic mass is 9.86. The van der Waals surface area contributed by atoms with Crippen LogP contribution in [-0.2, 0) is 9.47 Å². The Morgan fingerprint density at radius 1 is 0.781 bits per heavy atom. The van der Waals surface area contributed by atoms with E-state index in [4.69, 9.17) is 9.47 Å². The van der Waals surface area contributed by atoms with Crippen LogP contribution >= 0.6 is 0 Å². The number of carbonyl (C=O) groups excluding carboxylic acids is 2. The molecule has 5 atom stereocenters. The topological polar surface area (TPSA) is 71.1 Å². The molecule has 182 valence electrons. The van der Waals surface area contributed by atoms with Gasteiger partial charge in [0.1, 0.15) is 11.2 Å². The summed E-state index contributed by atoms with van der Waals surface area (Å²) in [6.45, 7) is 14.0. The molecule has 2 aliphatic heterocycles. The molecule has 4 rings (SSSR count). The predicted molar refractivity (Wildman–Crippen MR) is 123 cm³/mol. The Kier molecular flexibility index (Phi) is 6.43. The first-order valence-electron chi connectivity index (χ1n) is 12.7. The van der Waals surface area contributed by atoms with E-state index in [1.165, 1.54) is 25.7 Å². The van der Waals surface area contributed by atoms with Gasteiger partial charge in [0.05, 0.1) is 0 Å². The summed E-state index contributed by atoms with van der Waals surface area (Å²) in [5, 5.41) is 3.96. The Bertz CT molecular complexity index is 701. The van der Waals surface area contributed by atoms with Crippen molar-refractivity contribution in [3.05, 3.63) is 0 Å². The fourth-order valence-electron chi connectivity index (χ4n) is 6.10. The second-order valence-corrected chi connectivity index (χ2v) is 12.3. The third-order valence-corrected chi connectivity index (χ3v) is 7.49. The molecule has 0 spiro atoms. The minimum absolute atomic E-state index is 0.149. The molecule has 2 saturated carbocycles. The van der Waals surface area contributed by atoms with Crippen molar-refractivity contribution in [3.63, 3.8) is 0 Å². The highest BCUT2D eigenvalue weighted by Crippen LogP contribution is 2.47. The van der Waals surface area contributed by atoms with Crippen molar-refractivity contribution < 1.29 is 19.1 Å². The van der Waals surface area contributed by atoms with Gasteiger partial charge in [0.2, 0.25) is 0 Å². The number of rotatable bonds is 3. The average Bonchev–Trinajstić information content (AvgIpc) is 3.03. The molecule has 4 aliphatic rings. The molecule has 32 heavy (non-hydrogen) atoms. The third kappa shape index (κ3) is 5.35. The van der Waals surface area contributed by atoms with Gasteiger partial charge in [0.15, 0.2) is 0 Å². The summed E-state index contributed by atoms with van der Waals surface area (Å²) in [4.78, 5) is 29.2. The van der Waals surface area contributed by atoms with Gasteiger partial charge in [-0.05, 0) is 91.4 Å². The second kappa shape index (κ2) is 8.69. The number of nitrogens with one attached hydrogen (secondary N) is 1. The van der Waals surface area contributed by atoms with Crippen LogP contribution < -0.4 is 5.32 Å². The average molecular weight is 450 g/mol. The molecule has 4 fully saturated rings. The summed E-state index contributed by atoms with van der Waals surface area (Å²) < 4.78 is 11.3. The maximum Gasteiger partial charge on any atom is 0.410 e. The van der Waals surface area contributed by atoms with E-state index < -0.39 is 11.2 Å². The molecule has 2 heterocycles. The first-order chi connectivity index (χ1) is 14.9. The first-order valence-corrected chi connectivity index (χ1v) is 12.7. The summed E-state index contributed by atoms with van der Waals surface area (Å²) >= 11 is 0. The van der Waals surface area contributed by atoms with E-state index in [0.29, 0.717) is 29.8 Å². The van der Waals surface area contributed by atoms with Crippen molar-refractivity contribution in [2.75, 3.05) is 19.6 Å². The fourth-order valence-corrected chi connectivity index (χ4v) is 6.10. The molecule has 0 aromatic rings. The number of ether oxygens (including phenoxy) is 2. The van der Waals surface area contributed by atoms with Crippen molar-refractivity contribution >= 4 is 12.2 Å². The van der Waals surface area contributed by atoms with Crippen molar-refractivity contribution in [3.8, 4) is 0 Å². The van der Waals surface area contributed by atoms with E-state index >= 15 is 0 Å². The van der Waals surface area contributed by atoms with Gasteiger partial charge in [-0.25, -0.2) is 9.59 Å². The molecule has 2 aliphatic carbocycles. The van der Waals surface area contributed by atoms with Crippen molar-refractivity contribution in [2.45, 2.75) is 109 Å². The molecule has 1 N–H and O–H groups in total. The predicted octanol–water partition coefficient (Wildman–Crippen LogP) is 4.40. The van der Waals surface area contributed by atoms with Gasteiger partial charge >= 0.3 is 12.2 Å². The monoisotopic (exact) mass is 449 g/mol. The maximum absolute atomic E-state index is 12.9. The van der Waals surface area contributed by atoms with Crippen molar-refractivity contribution in [2.24, 2.45) is 17.8 Å². The lowest BCUT2D eigenvalue weighted by Crippen LogP contribution is -2.53. The number of carbonyl (C=O) groups is 2. The largest absolute Gasteiger partial charge is 0.444 e. The van der Waals surface area contributed by atoms with E-state index in [2.05, 4.69) is 5.32 Å². The molecule has 0 bridgehead atoms. The zero-order chi connectivity index (χ0) is 23.3. The van der Waals surface area contributed by atoms with Crippen molar-refractivity contribution in [1.82, 2.24) is 15.1 Å². The zero-order valence-corrected chi connectivity index (χ0v) is 20.9. The van der Waals surface area contributed by atoms with E-state index in [-0.39, 0.29) is 18.2 Å². The zero-order valence-electron chi connectivity index (χ0n) is 20.9. The molecular formula is C25H43N3O4. The van der Waals surface area contributed by atoms with Gasteiger partial charge in [-0.15, -0.1) is 0 Å². The van der Waals surface area contributed by atoms with Crippen LogP contribution in [0.3, 0.4) is 0 Å². The Labute approximate surface area is 193 Å². The number of fused-ring (bicyclic) bond motifs is 1. The van der Waals surface area contributed by atoms with Gasteiger partial charge in [-0.2, -0.15) is 0 Å². The molecule has 0 aromatic carbocycles. The van der Waals surface area contributed by atoms with E-state index in [1.54, 1.807) is 0 Å². The molecular weight excluding hydrogens is 406 g/mol. The first kappa shape index (κ1) is 23.7. The van der Waals surface area contributed by atoms with Gasteiger partial charge < -0.3 is 24.6 Å².